The lowest BCUT2D eigenvalue weighted by molar-refractivity contribution is 0.434. The zero-order valence-electron chi connectivity index (χ0n) is 8.87. The van der Waals surface area contributed by atoms with Crippen molar-refractivity contribution in [2.24, 2.45) is 0 Å². The standard InChI is InChI=1S/C11H13Cl3FN/c1-11(6-12,7-13)16-5-8-3-2-4-9(15)10(8)14/h2-4,16H,5-7H2,1H3. The number of hydrogen-bond acceptors (Lipinski definition) is 1. The first-order chi connectivity index (χ1) is 7.52. The Hall–Kier alpha value is -0.0200. The van der Waals surface area contributed by atoms with Crippen LogP contribution < -0.4 is 5.32 Å². The van der Waals surface area contributed by atoms with Crippen LogP contribution >= 0.6 is 34.8 Å². The molecule has 5 heteroatoms. The second-order valence-corrected chi connectivity index (χ2v) is 4.81. The van der Waals surface area contributed by atoms with Crippen LogP contribution in [0.2, 0.25) is 5.02 Å². The molecule has 0 atom stereocenters. The number of rotatable bonds is 5. The zero-order valence-corrected chi connectivity index (χ0v) is 11.1. The smallest absolute Gasteiger partial charge is 0.142 e. The molecular formula is C11H13Cl3FN. The second-order valence-electron chi connectivity index (χ2n) is 3.89. The molecule has 90 valence electrons. The Morgan fingerprint density at radius 2 is 1.94 bits per heavy atom. The van der Waals surface area contributed by atoms with Crippen molar-refractivity contribution in [3.05, 3.63) is 34.6 Å². The van der Waals surface area contributed by atoms with Crippen LogP contribution in [0.25, 0.3) is 0 Å². The van der Waals surface area contributed by atoms with Crippen LogP contribution in [0.5, 0.6) is 0 Å². The summed E-state index contributed by atoms with van der Waals surface area (Å²) in [6, 6.07) is 4.71. The average Bonchev–Trinajstić information content (AvgIpc) is 2.31. The molecule has 0 heterocycles. The van der Waals surface area contributed by atoms with Gasteiger partial charge in [-0.25, -0.2) is 4.39 Å². The summed E-state index contributed by atoms with van der Waals surface area (Å²) in [4.78, 5) is 0. The summed E-state index contributed by atoms with van der Waals surface area (Å²) in [5.74, 6) is 0.340. The summed E-state index contributed by atoms with van der Waals surface area (Å²) in [6.45, 7) is 2.34. The molecule has 0 radical (unpaired) electrons. The number of hydrogen-bond donors (Lipinski definition) is 1. The van der Waals surface area contributed by atoms with Crippen molar-refractivity contribution >= 4 is 34.8 Å². The quantitative estimate of drug-likeness (QED) is 0.811. The van der Waals surface area contributed by atoms with Crippen molar-refractivity contribution in [1.82, 2.24) is 5.32 Å². The van der Waals surface area contributed by atoms with Gasteiger partial charge in [-0.15, -0.1) is 23.2 Å². The molecule has 0 aliphatic heterocycles. The van der Waals surface area contributed by atoms with E-state index in [1.807, 2.05) is 6.92 Å². The fraction of sp³-hybridized carbons (Fsp3) is 0.455. The molecule has 1 rings (SSSR count). The van der Waals surface area contributed by atoms with Gasteiger partial charge in [0.05, 0.1) is 5.02 Å². The van der Waals surface area contributed by atoms with E-state index in [2.05, 4.69) is 5.32 Å². The van der Waals surface area contributed by atoms with Crippen LogP contribution in [0.15, 0.2) is 18.2 Å². The fourth-order valence-corrected chi connectivity index (χ4v) is 1.79. The van der Waals surface area contributed by atoms with Gasteiger partial charge in [0.25, 0.3) is 0 Å². The maximum absolute atomic E-state index is 13.2. The molecule has 0 aromatic heterocycles. The van der Waals surface area contributed by atoms with Gasteiger partial charge in [-0.1, -0.05) is 23.7 Å². The normalized spacial score (nSPS) is 11.8. The first-order valence-corrected chi connectivity index (χ1v) is 6.27. The molecular weight excluding hydrogens is 271 g/mol. The monoisotopic (exact) mass is 283 g/mol. The first kappa shape index (κ1) is 14.0. The third-order valence-corrected chi connectivity index (χ3v) is 3.93. The molecule has 0 aliphatic carbocycles. The predicted molar refractivity (Wildman–Crippen MR) is 68.1 cm³/mol. The summed E-state index contributed by atoms with van der Waals surface area (Å²) < 4.78 is 13.2. The molecule has 16 heavy (non-hydrogen) atoms. The van der Waals surface area contributed by atoms with Gasteiger partial charge in [-0.3, -0.25) is 0 Å². The fourth-order valence-electron chi connectivity index (χ4n) is 1.12. The van der Waals surface area contributed by atoms with Crippen molar-refractivity contribution in [3.8, 4) is 0 Å². The maximum Gasteiger partial charge on any atom is 0.142 e. The lowest BCUT2D eigenvalue weighted by atomic mass is 10.1. The van der Waals surface area contributed by atoms with Gasteiger partial charge in [0.15, 0.2) is 0 Å². The minimum absolute atomic E-state index is 0.140. The van der Waals surface area contributed by atoms with Crippen LogP contribution in [0, 0.1) is 5.82 Å². The Morgan fingerprint density at radius 1 is 1.31 bits per heavy atom. The summed E-state index contributed by atoms with van der Waals surface area (Å²) in [5, 5.41) is 3.31. The SMILES string of the molecule is CC(CCl)(CCl)NCc1cccc(F)c1Cl. The van der Waals surface area contributed by atoms with E-state index >= 15 is 0 Å². The molecule has 0 amide bonds. The van der Waals surface area contributed by atoms with E-state index in [4.69, 9.17) is 34.8 Å². The summed E-state index contributed by atoms with van der Waals surface area (Å²) in [5.41, 5.74) is 0.321. The lowest BCUT2D eigenvalue weighted by Crippen LogP contribution is -2.45. The van der Waals surface area contributed by atoms with Gasteiger partial charge < -0.3 is 5.32 Å². The van der Waals surface area contributed by atoms with E-state index in [0.717, 1.165) is 0 Å². The highest BCUT2D eigenvalue weighted by molar-refractivity contribution is 6.31. The van der Waals surface area contributed by atoms with Crippen LogP contribution in [0.4, 0.5) is 4.39 Å². The molecule has 0 aliphatic rings. The van der Waals surface area contributed by atoms with E-state index in [9.17, 15) is 4.39 Å². The molecule has 0 saturated heterocycles. The van der Waals surface area contributed by atoms with Gasteiger partial charge in [-0.05, 0) is 18.6 Å². The van der Waals surface area contributed by atoms with Crippen molar-refractivity contribution < 1.29 is 4.39 Å². The Morgan fingerprint density at radius 3 is 2.50 bits per heavy atom. The minimum Gasteiger partial charge on any atom is -0.305 e. The van der Waals surface area contributed by atoms with E-state index in [0.29, 0.717) is 23.9 Å². The van der Waals surface area contributed by atoms with Crippen molar-refractivity contribution in [2.75, 3.05) is 11.8 Å². The molecule has 1 aromatic carbocycles. The number of benzene rings is 1. The van der Waals surface area contributed by atoms with E-state index in [1.54, 1.807) is 12.1 Å². The van der Waals surface area contributed by atoms with Gasteiger partial charge in [0.1, 0.15) is 5.82 Å². The van der Waals surface area contributed by atoms with Crippen LogP contribution in [0.1, 0.15) is 12.5 Å². The summed E-state index contributed by atoms with van der Waals surface area (Å²) >= 11 is 17.4. The van der Waals surface area contributed by atoms with Crippen LogP contribution in [0.3, 0.4) is 0 Å². The van der Waals surface area contributed by atoms with Crippen molar-refractivity contribution in [3.63, 3.8) is 0 Å². The lowest BCUT2D eigenvalue weighted by Gasteiger charge is -2.26. The topological polar surface area (TPSA) is 12.0 Å². The van der Waals surface area contributed by atoms with Gasteiger partial charge in [0, 0.05) is 23.8 Å². The van der Waals surface area contributed by atoms with Crippen LogP contribution in [-0.2, 0) is 6.54 Å². The Labute approximate surface area is 110 Å². The zero-order chi connectivity index (χ0) is 12.2. The predicted octanol–water partition coefficient (Wildman–Crippen LogP) is 3.81. The number of nitrogens with one attached hydrogen (secondary N) is 1. The Kier molecular flexibility index (Phi) is 5.32. The Balaban J connectivity index is 2.71. The molecule has 0 spiro atoms. The third-order valence-electron chi connectivity index (χ3n) is 2.33. The molecule has 0 saturated carbocycles. The molecule has 0 fully saturated rings. The molecule has 0 bridgehead atoms. The van der Waals surface area contributed by atoms with Gasteiger partial charge >= 0.3 is 0 Å². The molecule has 1 nitrogen and oxygen atoms in total. The van der Waals surface area contributed by atoms with Gasteiger partial charge in [-0.2, -0.15) is 0 Å². The number of halogens is 4. The van der Waals surface area contributed by atoms with Crippen molar-refractivity contribution in [1.29, 1.82) is 0 Å². The highest BCUT2D eigenvalue weighted by Crippen LogP contribution is 2.20. The summed E-state index contributed by atoms with van der Waals surface area (Å²) in [6.07, 6.45) is 0. The highest BCUT2D eigenvalue weighted by atomic mass is 35.5. The molecule has 1 N–H and O–H groups in total. The average molecular weight is 285 g/mol. The second kappa shape index (κ2) is 6.06. The van der Waals surface area contributed by atoms with E-state index in [-0.39, 0.29) is 10.6 Å². The largest absolute Gasteiger partial charge is 0.305 e. The van der Waals surface area contributed by atoms with E-state index < -0.39 is 5.82 Å². The van der Waals surface area contributed by atoms with Crippen LogP contribution in [-0.4, -0.2) is 17.3 Å². The third kappa shape index (κ3) is 3.49. The molecule has 0 unspecified atom stereocenters. The first-order valence-electron chi connectivity index (χ1n) is 4.82. The van der Waals surface area contributed by atoms with Crippen molar-refractivity contribution in [2.45, 2.75) is 19.0 Å². The van der Waals surface area contributed by atoms with Gasteiger partial charge in [0.2, 0.25) is 0 Å². The Bertz CT molecular complexity index is 353. The minimum atomic E-state index is -0.417. The maximum atomic E-state index is 13.2. The van der Waals surface area contributed by atoms with E-state index in [1.165, 1.54) is 6.07 Å². The highest BCUT2D eigenvalue weighted by Gasteiger charge is 2.21. The number of alkyl halides is 2. The summed E-state index contributed by atoms with van der Waals surface area (Å²) in [7, 11) is 0. The molecule has 1 aromatic rings.